The number of nitrogens with two attached hydrogens (primary N) is 1. The molecule has 92 valence electrons. The minimum Gasteiger partial charge on any atom is -0.325 e. The summed E-state index contributed by atoms with van der Waals surface area (Å²) >= 11 is 0. The van der Waals surface area contributed by atoms with E-state index in [4.69, 9.17) is 5.73 Å². The van der Waals surface area contributed by atoms with Crippen molar-refractivity contribution in [3.05, 3.63) is 29.3 Å². The number of carbonyl (C=O) groups is 1. The van der Waals surface area contributed by atoms with E-state index in [2.05, 4.69) is 11.4 Å². The molecule has 0 unspecified atom stereocenters. The van der Waals surface area contributed by atoms with Gasteiger partial charge in [-0.05, 0) is 25.5 Å². The molecule has 0 aromatic heterocycles. The van der Waals surface area contributed by atoms with E-state index in [1.54, 1.807) is 0 Å². The molecular weight excluding hydrogens is 214 g/mol. The number of aryl methyl sites for hydroxylation is 2. The Morgan fingerprint density at radius 3 is 2.76 bits per heavy atom. The predicted molar refractivity (Wildman–Crippen MR) is 69.0 cm³/mol. The Labute approximate surface area is 102 Å². The van der Waals surface area contributed by atoms with E-state index in [1.165, 1.54) is 5.56 Å². The number of nitrogens with zero attached hydrogens (tertiary/aromatic N) is 1. The molecule has 2 rings (SSSR count). The second kappa shape index (κ2) is 4.85. The first-order chi connectivity index (χ1) is 8.04. The fraction of sp³-hybridized carbons (Fsp3) is 0.462. The van der Waals surface area contributed by atoms with Crippen LogP contribution in [0.15, 0.2) is 18.2 Å². The van der Waals surface area contributed by atoms with Gasteiger partial charge in [-0.2, -0.15) is 0 Å². The van der Waals surface area contributed by atoms with Gasteiger partial charge in [-0.15, -0.1) is 0 Å². The van der Waals surface area contributed by atoms with Crippen LogP contribution in [0, 0.1) is 13.8 Å². The maximum atomic E-state index is 11.8. The lowest BCUT2D eigenvalue weighted by molar-refractivity contribution is -0.118. The molecule has 1 heterocycles. The molecule has 1 aliphatic rings. The van der Waals surface area contributed by atoms with Gasteiger partial charge in [0, 0.05) is 24.8 Å². The average Bonchev–Trinajstić information content (AvgIpc) is 2.20. The Hall–Kier alpha value is -1.39. The van der Waals surface area contributed by atoms with Gasteiger partial charge >= 0.3 is 0 Å². The van der Waals surface area contributed by atoms with Gasteiger partial charge in [0.1, 0.15) is 0 Å². The van der Waals surface area contributed by atoms with Crippen LogP contribution in [0.4, 0.5) is 5.69 Å². The van der Waals surface area contributed by atoms with Crippen molar-refractivity contribution in [2.45, 2.75) is 19.9 Å². The Morgan fingerprint density at radius 2 is 2.18 bits per heavy atom. The summed E-state index contributed by atoms with van der Waals surface area (Å²) in [6, 6.07) is 6.26. The summed E-state index contributed by atoms with van der Waals surface area (Å²) in [5.74, 6) is 0.0313. The lowest BCUT2D eigenvalue weighted by Gasteiger charge is -2.36. The van der Waals surface area contributed by atoms with Crippen molar-refractivity contribution in [2.24, 2.45) is 5.73 Å². The van der Waals surface area contributed by atoms with E-state index in [1.807, 2.05) is 30.9 Å². The van der Waals surface area contributed by atoms with Gasteiger partial charge in [-0.25, -0.2) is 0 Å². The van der Waals surface area contributed by atoms with E-state index >= 15 is 0 Å². The molecule has 1 aliphatic heterocycles. The summed E-state index contributed by atoms with van der Waals surface area (Å²) < 4.78 is 0. The molecule has 3 N–H and O–H groups in total. The lowest BCUT2D eigenvalue weighted by atomic mass is 10.1. The van der Waals surface area contributed by atoms with Crippen LogP contribution >= 0.6 is 0 Å². The standard InChI is InChI=1S/C13H19N3O/c1-9-3-4-12(10(2)5-9)15-13(17)8-16-6-11(14)7-16/h3-5,11H,6-8,14H2,1-2H3,(H,15,17). The maximum Gasteiger partial charge on any atom is 0.238 e. The summed E-state index contributed by atoms with van der Waals surface area (Å²) in [7, 11) is 0. The molecule has 0 aliphatic carbocycles. The first-order valence-corrected chi connectivity index (χ1v) is 5.89. The van der Waals surface area contributed by atoms with Crippen LogP contribution in [0.5, 0.6) is 0 Å². The molecule has 4 nitrogen and oxygen atoms in total. The number of rotatable bonds is 3. The van der Waals surface area contributed by atoms with E-state index < -0.39 is 0 Å². The molecule has 1 aromatic carbocycles. The van der Waals surface area contributed by atoms with Gasteiger partial charge in [0.2, 0.25) is 5.91 Å². The highest BCUT2D eigenvalue weighted by atomic mass is 16.2. The Morgan fingerprint density at radius 1 is 1.47 bits per heavy atom. The SMILES string of the molecule is Cc1ccc(NC(=O)CN2CC(N)C2)c(C)c1. The largest absolute Gasteiger partial charge is 0.325 e. The molecule has 0 bridgehead atoms. The van der Waals surface area contributed by atoms with Crippen LogP contribution in [-0.2, 0) is 4.79 Å². The molecule has 17 heavy (non-hydrogen) atoms. The van der Waals surface area contributed by atoms with E-state index in [-0.39, 0.29) is 11.9 Å². The minimum atomic E-state index is 0.0313. The Bertz CT molecular complexity index is 425. The molecule has 0 spiro atoms. The van der Waals surface area contributed by atoms with Crippen LogP contribution in [-0.4, -0.2) is 36.5 Å². The molecule has 0 radical (unpaired) electrons. The summed E-state index contributed by atoms with van der Waals surface area (Å²) in [6.45, 7) is 6.11. The minimum absolute atomic E-state index is 0.0313. The van der Waals surface area contributed by atoms with Crippen LogP contribution in [0.3, 0.4) is 0 Å². The highest BCUT2D eigenvalue weighted by Crippen LogP contribution is 2.16. The van der Waals surface area contributed by atoms with Crippen molar-refractivity contribution in [3.63, 3.8) is 0 Å². The summed E-state index contributed by atoms with van der Waals surface area (Å²) in [5, 5.41) is 2.93. The molecule has 1 saturated heterocycles. The van der Waals surface area contributed by atoms with E-state index in [0.717, 1.165) is 24.3 Å². The van der Waals surface area contributed by atoms with E-state index in [9.17, 15) is 4.79 Å². The molecule has 1 fully saturated rings. The number of carbonyl (C=O) groups excluding carboxylic acids is 1. The quantitative estimate of drug-likeness (QED) is 0.815. The van der Waals surface area contributed by atoms with Gasteiger partial charge in [0.25, 0.3) is 0 Å². The number of benzene rings is 1. The van der Waals surface area contributed by atoms with Crippen molar-refractivity contribution in [2.75, 3.05) is 25.0 Å². The first kappa shape index (κ1) is 12.1. The van der Waals surface area contributed by atoms with Gasteiger partial charge < -0.3 is 11.1 Å². The topological polar surface area (TPSA) is 58.4 Å². The second-order valence-corrected chi connectivity index (χ2v) is 4.82. The third-order valence-corrected chi connectivity index (χ3v) is 3.01. The zero-order valence-electron chi connectivity index (χ0n) is 10.4. The maximum absolute atomic E-state index is 11.8. The monoisotopic (exact) mass is 233 g/mol. The second-order valence-electron chi connectivity index (χ2n) is 4.82. The van der Waals surface area contributed by atoms with Crippen molar-refractivity contribution in [1.29, 1.82) is 0 Å². The molecule has 0 saturated carbocycles. The zero-order valence-corrected chi connectivity index (χ0v) is 10.4. The molecule has 1 amide bonds. The molecule has 1 aromatic rings. The Balaban J connectivity index is 1.89. The summed E-state index contributed by atoms with van der Waals surface area (Å²) in [6.07, 6.45) is 0. The first-order valence-electron chi connectivity index (χ1n) is 5.89. The number of amides is 1. The molecule has 4 heteroatoms. The van der Waals surface area contributed by atoms with Crippen molar-refractivity contribution in [1.82, 2.24) is 4.90 Å². The number of hydrogen-bond donors (Lipinski definition) is 2. The lowest BCUT2D eigenvalue weighted by Crippen LogP contribution is -2.57. The fourth-order valence-electron chi connectivity index (χ4n) is 2.09. The van der Waals surface area contributed by atoms with Crippen molar-refractivity contribution < 1.29 is 4.79 Å². The van der Waals surface area contributed by atoms with Gasteiger partial charge in [-0.3, -0.25) is 9.69 Å². The highest BCUT2D eigenvalue weighted by Gasteiger charge is 2.24. The van der Waals surface area contributed by atoms with Gasteiger partial charge in [0.05, 0.1) is 6.54 Å². The normalized spacial score (nSPS) is 16.6. The third kappa shape index (κ3) is 3.05. The van der Waals surface area contributed by atoms with Crippen LogP contribution < -0.4 is 11.1 Å². The summed E-state index contributed by atoms with van der Waals surface area (Å²) in [5.41, 5.74) is 8.86. The fourth-order valence-corrected chi connectivity index (χ4v) is 2.09. The molecular formula is C13H19N3O. The molecule has 0 atom stereocenters. The highest BCUT2D eigenvalue weighted by molar-refractivity contribution is 5.93. The number of nitrogens with one attached hydrogen (secondary N) is 1. The Kier molecular flexibility index (Phi) is 3.45. The zero-order chi connectivity index (χ0) is 12.4. The number of anilines is 1. The van der Waals surface area contributed by atoms with Crippen LogP contribution in [0.2, 0.25) is 0 Å². The predicted octanol–water partition coefficient (Wildman–Crippen LogP) is 0.885. The van der Waals surface area contributed by atoms with Crippen LogP contribution in [0.25, 0.3) is 0 Å². The van der Waals surface area contributed by atoms with E-state index in [0.29, 0.717) is 6.54 Å². The van der Waals surface area contributed by atoms with Crippen molar-refractivity contribution in [3.8, 4) is 0 Å². The third-order valence-electron chi connectivity index (χ3n) is 3.01. The average molecular weight is 233 g/mol. The van der Waals surface area contributed by atoms with Gasteiger partial charge in [0.15, 0.2) is 0 Å². The smallest absolute Gasteiger partial charge is 0.238 e. The van der Waals surface area contributed by atoms with Crippen molar-refractivity contribution >= 4 is 11.6 Å². The number of hydrogen-bond acceptors (Lipinski definition) is 3. The summed E-state index contributed by atoms with van der Waals surface area (Å²) in [4.78, 5) is 13.8. The van der Waals surface area contributed by atoms with Gasteiger partial charge in [-0.1, -0.05) is 17.7 Å². The number of likely N-dealkylation sites (tertiary alicyclic amines) is 1. The van der Waals surface area contributed by atoms with Crippen LogP contribution in [0.1, 0.15) is 11.1 Å².